The lowest BCUT2D eigenvalue weighted by atomic mass is 9.76. The van der Waals surface area contributed by atoms with Gasteiger partial charge in [0.25, 0.3) is 5.91 Å². The molecule has 0 aliphatic carbocycles. The maximum Gasteiger partial charge on any atom is 0.291 e. The fourth-order valence-corrected chi connectivity index (χ4v) is 3.71. The molecular weight excluding hydrogens is 332 g/mol. The minimum absolute atomic E-state index is 0.0872. The molecule has 7 nitrogen and oxygen atoms in total. The molecule has 2 aromatic heterocycles. The molecule has 2 saturated heterocycles. The summed E-state index contributed by atoms with van der Waals surface area (Å²) in [6.07, 6.45) is 9.58. The van der Waals surface area contributed by atoms with Gasteiger partial charge in [0.05, 0.1) is 18.9 Å². The van der Waals surface area contributed by atoms with Gasteiger partial charge in [0.1, 0.15) is 12.4 Å². The number of piperidine rings is 1. The lowest BCUT2D eigenvalue weighted by molar-refractivity contribution is 0.0422. The Bertz CT molecular complexity index is 733. The average molecular weight is 354 g/mol. The highest BCUT2D eigenvalue weighted by molar-refractivity contribution is 5.90. The van der Waals surface area contributed by atoms with Gasteiger partial charge in [-0.3, -0.25) is 9.78 Å². The molecule has 2 aliphatic rings. The van der Waals surface area contributed by atoms with Gasteiger partial charge >= 0.3 is 0 Å². The number of carbonyl (C=O) groups is 1. The molecule has 0 aromatic carbocycles. The summed E-state index contributed by atoms with van der Waals surface area (Å²) < 4.78 is 11.7. The van der Waals surface area contributed by atoms with Crippen LogP contribution in [0.4, 0.5) is 0 Å². The van der Waals surface area contributed by atoms with E-state index in [1.165, 1.54) is 0 Å². The Morgan fingerprint density at radius 1 is 1.23 bits per heavy atom. The monoisotopic (exact) mass is 354 g/mol. The minimum atomic E-state index is -0.0872. The van der Waals surface area contributed by atoms with Crippen LogP contribution in [0.1, 0.15) is 29.9 Å². The Morgan fingerprint density at radius 2 is 2.04 bits per heavy atom. The van der Waals surface area contributed by atoms with Gasteiger partial charge < -0.3 is 14.4 Å². The van der Waals surface area contributed by atoms with Crippen molar-refractivity contribution < 1.29 is 14.3 Å². The van der Waals surface area contributed by atoms with E-state index in [4.69, 9.17) is 9.47 Å². The number of amides is 1. The first-order valence-electron chi connectivity index (χ1n) is 8.95. The van der Waals surface area contributed by atoms with Gasteiger partial charge in [0, 0.05) is 31.7 Å². The van der Waals surface area contributed by atoms with Gasteiger partial charge in [-0.15, -0.1) is 0 Å². The van der Waals surface area contributed by atoms with Crippen molar-refractivity contribution in [2.75, 3.05) is 26.3 Å². The van der Waals surface area contributed by atoms with Crippen LogP contribution in [-0.4, -0.2) is 58.2 Å². The van der Waals surface area contributed by atoms with Crippen LogP contribution in [0.3, 0.4) is 0 Å². The third-order valence-electron chi connectivity index (χ3n) is 5.22. The normalized spacial score (nSPS) is 21.7. The van der Waals surface area contributed by atoms with Crippen molar-refractivity contribution in [3.8, 4) is 5.75 Å². The number of hydrogen-bond acceptors (Lipinski definition) is 6. The van der Waals surface area contributed by atoms with Gasteiger partial charge in [-0.25, -0.2) is 9.97 Å². The molecule has 1 amide bonds. The van der Waals surface area contributed by atoms with Crippen LogP contribution < -0.4 is 4.74 Å². The molecule has 2 aliphatic heterocycles. The predicted molar refractivity (Wildman–Crippen MR) is 93.7 cm³/mol. The molecule has 1 atom stereocenters. The molecule has 2 aromatic rings. The van der Waals surface area contributed by atoms with Gasteiger partial charge in [-0.05, 0) is 42.9 Å². The maximum absolute atomic E-state index is 12.5. The van der Waals surface area contributed by atoms with Crippen LogP contribution in [0, 0.1) is 5.41 Å². The van der Waals surface area contributed by atoms with E-state index >= 15 is 0 Å². The third kappa shape index (κ3) is 3.67. The molecule has 136 valence electrons. The molecule has 26 heavy (non-hydrogen) atoms. The first-order chi connectivity index (χ1) is 12.7. The SMILES string of the molecule is O=C(c1ncccn1)N1CCC2(CC1)CO[C@H](COc1cccnc1)C2. The second-order valence-corrected chi connectivity index (χ2v) is 7.00. The minimum Gasteiger partial charge on any atom is -0.489 e. The van der Waals surface area contributed by atoms with Gasteiger partial charge in [-0.1, -0.05) is 0 Å². The molecule has 0 N–H and O–H groups in total. The Morgan fingerprint density at radius 3 is 2.77 bits per heavy atom. The summed E-state index contributed by atoms with van der Waals surface area (Å²) >= 11 is 0. The van der Waals surface area contributed by atoms with Crippen molar-refractivity contribution in [3.05, 3.63) is 48.8 Å². The number of ether oxygens (including phenoxy) is 2. The molecule has 0 radical (unpaired) electrons. The van der Waals surface area contributed by atoms with Crippen LogP contribution >= 0.6 is 0 Å². The quantitative estimate of drug-likeness (QED) is 0.835. The Labute approximate surface area is 152 Å². The summed E-state index contributed by atoms with van der Waals surface area (Å²) in [6, 6.07) is 5.47. The molecule has 0 saturated carbocycles. The lowest BCUT2D eigenvalue weighted by Gasteiger charge is -2.38. The van der Waals surface area contributed by atoms with Crippen LogP contribution in [-0.2, 0) is 4.74 Å². The zero-order chi connectivity index (χ0) is 17.8. The summed E-state index contributed by atoms with van der Waals surface area (Å²) in [5.74, 6) is 0.949. The van der Waals surface area contributed by atoms with Crippen molar-refractivity contribution in [2.24, 2.45) is 5.41 Å². The van der Waals surface area contributed by atoms with E-state index in [0.717, 1.165) is 44.7 Å². The first-order valence-corrected chi connectivity index (χ1v) is 8.95. The van der Waals surface area contributed by atoms with Crippen molar-refractivity contribution in [1.82, 2.24) is 19.9 Å². The smallest absolute Gasteiger partial charge is 0.291 e. The molecular formula is C19H22N4O3. The first kappa shape index (κ1) is 16.9. The summed E-state index contributed by atoms with van der Waals surface area (Å²) in [5.41, 5.74) is 0.150. The zero-order valence-corrected chi connectivity index (χ0v) is 14.6. The number of likely N-dealkylation sites (tertiary alicyclic amines) is 1. The molecule has 2 fully saturated rings. The summed E-state index contributed by atoms with van der Waals surface area (Å²) in [7, 11) is 0. The van der Waals surface area contributed by atoms with Crippen LogP contribution in [0.15, 0.2) is 43.0 Å². The van der Waals surface area contributed by atoms with Crippen LogP contribution in [0.5, 0.6) is 5.75 Å². The number of rotatable bonds is 4. The topological polar surface area (TPSA) is 77.4 Å². The number of hydrogen-bond donors (Lipinski definition) is 0. The average Bonchev–Trinajstić information content (AvgIpc) is 3.10. The Hall–Kier alpha value is -2.54. The molecule has 7 heteroatoms. The van der Waals surface area contributed by atoms with E-state index in [2.05, 4.69) is 15.0 Å². The highest BCUT2D eigenvalue weighted by Gasteiger charge is 2.43. The van der Waals surface area contributed by atoms with E-state index in [1.54, 1.807) is 30.9 Å². The fourth-order valence-electron chi connectivity index (χ4n) is 3.71. The predicted octanol–water partition coefficient (Wildman–Crippen LogP) is 1.96. The van der Waals surface area contributed by atoms with Crippen molar-refractivity contribution >= 4 is 5.91 Å². The van der Waals surface area contributed by atoms with E-state index in [-0.39, 0.29) is 23.3 Å². The maximum atomic E-state index is 12.5. The van der Waals surface area contributed by atoms with Crippen molar-refractivity contribution in [3.63, 3.8) is 0 Å². The lowest BCUT2D eigenvalue weighted by Crippen LogP contribution is -2.44. The van der Waals surface area contributed by atoms with Crippen molar-refractivity contribution in [1.29, 1.82) is 0 Å². The summed E-state index contributed by atoms with van der Waals surface area (Å²) in [4.78, 5) is 26.5. The number of aromatic nitrogens is 3. The van der Waals surface area contributed by atoms with Gasteiger partial charge in [-0.2, -0.15) is 0 Å². The highest BCUT2D eigenvalue weighted by Crippen LogP contribution is 2.42. The van der Waals surface area contributed by atoms with Gasteiger partial charge in [0.15, 0.2) is 0 Å². The number of pyridine rings is 1. The van der Waals surface area contributed by atoms with E-state index in [0.29, 0.717) is 6.61 Å². The number of nitrogens with zero attached hydrogens (tertiary/aromatic N) is 4. The Balaban J connectivity index is 1.28. The third-order valence-corrected chi connectivity index (χ3v) is 5.22. The zero-order valence-electron chi connectivity index (χ0n) is 14.6. The van der Waals surface area contributed by atoms with Gasteiger partial charge in [0.2, 0.25) is 5.82 Å². The summed E-state index contributed by atoms with van der Waals surface area (Å²) in [6.45, 7) is 2.71. The molecule has 4 heterocycles. The highest BCUT2D eigenvalue weighted by atomic mass is 16.5. The van der Waals surface area contributed by atoms with E-state index in [9.17, 15) is 4.79 Å². The Kier molecular flexibility index (Phi) is 4.79. The summed E-state index contributed by atoms with van der Waals surface area (Å²) in [5, 5.41) is 0. The van der Waals surface area contributed by atoms with E-state index in [1.807, 2.05) is 17.0 Å². The standard InChI is InChI=1S/C19H22N4O3/c24-18(17-21-7-2-8-22-17)23-9-4-19(5-10-23)11-16(26-14-19)13-25-15-3-1-6-20-12-15/h1-3,6-8,12,16H,4-5,9-11,13-14H2/t16-/m0/s1. The fraction of sp³-hybridized carbons (Fsp3) is 0.474. The molecule has 0 unspecified atom stereocenters. The van der Waals surface area contributed by atoms with Crippen molar-refractivity contribution in [2.45, 2.75) is 25.4 Å². The second kappa shape index (κ2) is 7.37. The van der Waals surface area contributed by atoms with Crippen LogP contribution in [0.2, 0.25) is 0 Å². The molecule has 1 spiro atoms. The second-order valence-electron chi connectivity index (χ2n) is 7.00. The number of carbonyl (C=O) groups excluding carboxylic acids is 1. The van der Waals surface area contributed by atoms with Crippen LogP contribution in [0.25, 0.3) is 0 Å². The van der Waals surface area contributed by atoms with E-state index < -0.39 is 0 Å². The molecule has 0 bridgehead atoms. The molecule has 4 rings (SSSR count). The largest absolute Gasteiger partial charge is 0.489 e.